The molecular weight excluding hydrogens is 316 g/mol. The molecule has 5 nitrogen and oxygen atoms in total. The van der Waals surface area contributed by atoms with Gasteiger partial charge in [0.1, 0.15) is 11.5 Å². The van der Waals surface area contributed by atoms with Gasteiger partial charge in [0, 0.05) is 5.56 Å². The molecule has 25 heavy (non-hydrogen) atoms. The minimum absolute atomic E-state index is 0.315. The van der Waals surface area contributed by atoms with Crippen molar-refractivity contribution in [3.63, 3.8) is 0 Å². The Labute approximate surface area is 148 Å². The highest BCUT2D eigenvalue weighted by Gasteiger charge is 2.13. The summed E-state index contributed by atoms with van der Waals surface area (Å²) in [6, 6.07) is 16.8. The molecule has 0 unspecified atom stereocenters. The van der Waals surface area contributed by atoms with E-state index in [0.29, 0.717) is 12.4 Å². The molecule has 2 aromatic rings. The maximum absolute atomic E-state index is 12.1. The Morgan fingerprint density at radius 1 is 1.16 bits per heavy atom. The first-order chi connectivity index (χ1) is 12.2. The number of carbonyl (C=O) groups is 1. The van der Waals surface area contributed by atoms with Crippen LogP contribution in [0.5, 0.6) is 11.5 Å². The van der Waals surface area contributed by atoms with Gasteiger partial charge in [-0.25, -0.2) is 5.43 Å². The molecule has 2 aromatic carbocycles. The van der Waals surface area contributed by atoms with Gasteiger partial charge in [-0.05, 0) is 37.6 Å². The molecular formula is C20H24N2O3. The van der Waals surface area contributed by atoms with E-state index in [9.17, 15) is 4.79 Å². The summed E-state index contributed by atoms with van der Waals surface area (Å²) in [6.45, 7) is 4.46. The molecule has 2 rings (SSSR count). The monoisotopic (exact) mass is 340 g/mol. The second-order valence-corrected chi connectivity index (χ2v) is 5.55. The van der Waals surface area contributed by atoms with Crippen molar-refractivity contribution in [2.45, 2.75) is 32.8 Å². The lowest BCUT2D eigenvalue weighted by atomic mass is 10.2. The lowest BCUT2D eigenvalue weighted by Gasteiger charge is -2.12. The maximum Gasteiger partial charge on any atom is 0.280 e. The van der Waals surface area contributed by atoms with Crippen molar-refractivity contribution < 1.29 is 14.3 Å². The van der Waals surface area contributed by atoms with Gasteiger partial charge in [0.05, 0.1) is 12.8 Å². The average molecular weight is 340 g/mol. The van der Waals surface area contributed by atoms with E-state index >= 15 is 0 Å². The number of unbranched alkanes of at least 4 members (excludes halogenated alkanes) is 1. The molecule has 0 saturated carbocycles. The number of para-hydroxylation sites is 2. The number of rotatable bonds is 9. The maximum atomic E-state index is 12.1. The minimum Gasteiger partial charge on any atom is -0.493 e. The Morgan fingerprint density at radius 3 is 2.64 bits per heavy atom. The normalized spacial score (nSPS) is 11.9. The zero-order chi connectivity index (χ0) is 17.9. The third-order valence-corrected chi connectivity index (χ3v) is 3.48. The van der Waals surface area contributed by atoms with Crippen LogP contribution in [0.1, 0.15) is 32.3 Å². The molecule has 0 saturated heterocycles. The number of benzene rings is 2. The molecule has 0 aliphatic carbocycles. The zero-order valence-electron chi connectivity index (χ0n) is 14.6. The summed E-state index contributed by atoms with van der Waals surface area (Å²) < 4.78 is 11.3. The van der Waals surface area contributed by atoms with E-state index in [1.54, 1.807) is 25.3 Å². The second-order valence-electron chi connectivity index (χ2n) is 5.55. The largest absolute Gasteiger partial charge is 0.493 e. The van der Waals surface area contributed by atoms with Gasteiger partial charge in [0.15, 0.2) is 6.10 Å². The first-order valence-corrected chi connectivity index (χ1v) is 8.47. The lowest BCUT2D eigenvalue weighted by Crippen LogP contribution is -2.33. The van der Waals surface area contributed by atoms with Gasteiger partial charge < -0.3 is 9.47 Å². The number of nitrogens with one attached hydrogen (secondary N) is 1. The number of hydrogen-bond acceptors (Lipinski definition) is 4. The van der Waals surface area contributed by atoms with Crippen LogP contribution >= 0.6 is 0 Å². The topological polar surface area (TPSA) is 59.9 Å². The summed E-state index contributed by atoms with van der Waals surface area (Å²) in [4.78, 5) is 12.1. The molecule has 1 atom stereocenters. The summed E-state index contributed by atoms with van der Waals surface area (Å²) in [7, 11) is 0. The number of nitrogens with zero attached hydrogens (tertiary/aromatic N) is 1. The third-order valence-electron chi connectivity index (χ3n) is 3.48. The lowest BCUT2D eigenvalue weighted by molar-refractivity contribution is -0.127. The van der Waals surface area contributed by atoms with Gasteiger partial charge in [0.25, 0.3) is 5.91 Å². The van der Waals surface area contributed by atoms with Crippen LogP contribution in [0.4, 0.5) is 0 Å². The van der Waals surface area contributed by atoms with E-state index in [1.165, 1.54) is 0 Å². The van der Waals surface area contributed by atoms with Crippen molar-refractivity contribution in [1.29, 1.82) is 0 Å². The zero-order valence-corrected chi connectivity index (χ0v) is 14.6. The van der Waals surface area contributed by atoms with Crippen LogP contribution in [-0.2, 0) is 4.79 Å². The van der Waals surface area contributed by atoms with Gasteiger partial charge in [-0.15, -0.1) is 0 Å². The molecule has 0 bridgehead atoms. The second kappa shape index (κ2) is 10.1. The Hall–Kier alpha value is -2.82. The Bertz CT molecular complexity index is 686. The van der Waals surface area contributed by atoms with Crippen LogP contribution in [0, 0.1) is 0 Å². The summed E-state index contributed by atoms with van der Waals surface area (Å²) in [6.07, 6.45) is 3.01. The number of hydrogen-bond donors (Lipinski definition) is 1. The number of ether oxygens (including phenoxy) is 2. The number of hydrazone groups is 1. The first kappa shape index (κ1) is 18.5. The molecule has 0 aromatic heterocycles. The molecule has 1 amide bonds. The first-order valence-electron chi connectivity index (χ1n) is 8.47. The van der Waals surface area contributed by atoms with E-state index < -0.39 is 6.10 Å². The highest BCUT2D eigenvalue weighted by atomic mass is 16.5. The fourth-order valence-corrected chi connectivity index (χ4v) is 2.06. The van der Waals surface area contributed by atoms with Crippen molar-refractivity contribution in [2.75, 3.05) is 6.61 Å². The van der Waals surface area contributed by atoms with Crippen LogP contribution < -0.4 is 14.9 Å². The summed E-state index contributed by atoms with van der Waals surface area (Å²) >= 11 is 0. The van der Waals surface area contributed by atoms with Crippen molar-refractivity contribution in [3.05, 3.63) is 60.2 Å². The Kier molecular flexibility index (Phi) is 7.50. The third kappa shape index (κ3) is 6.30. The molecule has 0 aliphatic rings. The molecule has 0 radical (unpaired) electrons. The molecule has 5 heteroatoms. The van der Waals surface area contributed by atoms with E-state index in [4.69, 9.17) is 9.47 Å². The SMILES string of the molecule is CCCCOc1ccccc1/C=N/NC(=O)[C@@H](C)Oc1ccccc1. The van der Waals surface area contributed by atoms with Crippen LogP contribution in [0.2, 0.25) is 0 Å². The molecule has 0 spiro atoms. The molecule has 0 aliphatic heterocycles. The smallest absolute Gasteiger partial charge is 0.280 e. The fraction of sp³-hybridized carbons (Fsp3) is 0.300. The van der Waals surface area contributed by atoms with Gasteiger partial charge in [0.2, 0.25) is 0 Å². The predicted octanol–water partition coefficient (Wildman–Crippen LogP) is 3.78. The van der Waals surface area contributed by atoms with Gasteiger partial charge in [-0.2, -0.15) is 5.10 Å². The van der Waals surface area contributed by atoms with Crippen LogP contribution in [-0.4, -0.2) is 24.8 Å². The van der Waals surface area contributed by atoms with E-state index in [2.05, 4.69) is 17.5 Å². The Morgan fingerprint density at radius 2 is 1.88 bits per heavy atom. The van der Waals surface area contributed by atoms with Gasteiger partial charge in [-0.1, -0.05) is 43.7 Å². The summed E-state index contributed by atoms with van der Waals surface area (Å²) in [5.41, 5.74) is 3.31. The van der Waals surface area contributed by atoms with E-state index in [0.717, 1.165) is 24.2 Å². The summed E-state index contributed by atoms with van der Waals surface area (Å²) in [5.74, 6) is 1.08. The number of amides is 1. The molecule has 0 heterocycles. The van der Waals surface area contributed by atoms with Crippen LogP contribution in [0.3, 0.4) is 0 Å². The van der Waals surface area contributed by atoms with E-state index in [-0.39, 0.29) is 5.91 Å². The predicted molar refractivity (Wildman–Crippen MR) is 99.1 cm³/mol. The molecule has 0 fully saturated rings. The van der Waals surface area contributed by atoms with Gasteiger partial charge >= 0.3 is 0 Å². The van der Waals surface area contributed by atoms with Gasteiger partial charge in [-0.3, -0.25) is 4.79 Å². The summed E-state index contributed by atoms with van der Waals surface area (Å²) in [5, 5.41) is 4.01. The molecule has 132 valence electrons. The van der Waals surface area contributed by atoms with Crippen molar-refractivity contribution in [3.8, 4) is 11.5 Å². The van der Waals surface area contributed by atoms with Crippen molar-refractivity contribution >= 4 is 12.1 Å². The fourth-order valence-electron chi connectivity index (χ4n) is 2.06. The van der Waals surface area contributed by atoms with Crippen molar-refractivity contribution in [2.24, 2.45) is 5.10 Å². The quantitative estimate of drug-likeness (QED) is 0.429. The highest BCUT2D eigenvalue weighted by Crippen LogP contribution is 2.16. The van der Waals surface area contributed by atoms with Crippen molar-refractivity contribution in [1.82, 2.24) is 5.43 Å². The van der Waals surface area contributed by atoms with Crippen LogP contribution in [0.25, 0.3) is 0 Å². The standard InChI is InChI=1S/C20H24N2O3/c1-3-4-14-24-19-13-9-8-10-17(19)15-21-22-20(23)16(2)25-18-11-6-5-7-12-18/h5-13,15-16H,3-4,14H2,1-2H3,(H,22,23)/b21-15+/t16-/m1/s1. The average Bonchev–Trinajstić information content (AvgIpc) is 2.64. The minimum atomic E-state index is -0.643. The molecule has 1 N–H and O–H groups in total. The van der Waals surface area contributed by atoms with Crippen LogP contribution in [0.15, 0.2) is 59.7 Å². The highest BCUT2D eigenvalue weighted by molar-refractivity contribution is 5.86. The Balaban J connectivity index is 1.88. The number of carbonyl (C=O) groups excluding carboxylic acids is 1. The van der Waals surface area contributed by atoms with E-state index in [1.807, 2.05) is 42.5 Å².